The number of hydrogen-bond acceptors (Lipinski definition) is 4. The molecule has 1 aromatic rings. The molecule has 0 radical (unpaired) electrons. The average molecular weight is 267 g/mol. The van der Waals surface area contributed by atoms with Gasteiger partial charge in [-0.3, -0.25) is 0 Å². The standard InChI is InChI=1S/C13H17NO3S/c1-8-6-9(14)2-5-12(8)18-7-10-3-4-11(17-10)13(15)16/h2,5-6,10-11H,3-4,7,14H2,1H3,(H,15,16). The van der Waals surface area contributed by atoms with Gasteiger partial charge in [-0.25, -0.2) is 4.79 Å². The first kappa shape index (κ1) is 13.2. The zero-order valence-corrected chi connectivity index (χ0v) is 11.1. The van der Waals surface area contributed by atoms with Crippen LogP contribution < -0.4 is 5.73 Å². The molecule has 18 heavy (non-hydrogen) atoms. The number of anilines is 1. The van der Waals surface area contributed by atoms with Crippen molar-refractivity contribution in [2.24, 2.45) is 0 Å². The normalized spacial score (nSPS) is 23.2. The van der Waals surface area contributed by atoms with E-state index in [0.29, 0.717) is 6.42 Å². The molecule has 1 aliphatic rings. The topological polar surface area (TPSA) is 72.6 Å². The van der Waals surface area contributed by atoms with Crippen molar-refractivity contribution in [1.29, 1.82) is 0 Å². The van der Waals surface area contributed by atoms with Gasteiger partial charge in [-0.2, -0.15) is 0 Å². The van der Waals surface area contributed by atoms with Crippen LogP contribution in [0.2, 0.25) is 0 Å². The summed E-state index contributed by atoms with van der Waals surface area (Å²) < 4.78 is 5.46. The van der Waals surface area contributed by atoms with Crippen LogP contribution in [0.25, 0.3) is 0 Å². The maximum atomic E-state index is 10.8. The number of thioether (sulfide) groups is 1. The van der Waals surface area contributed by atoms with Crippen molar-refractivity contribution in [1.82, 2.24) is 0 Å². The summed E-state index contributed by atoms with van der Waals surface area (Å²) in [5.74, 6) is -0.0692. The number of nitrogen functional groups attached to an aromatic ring is 1. The maximum absolute atomic E-state index is 10.8. The molecule has 0 amide bonds. The van der Waals surface area contributed by atoms with E-state index in [1.165, 1.54) is 4.90 Å². The Kier molecular flexibility index (Phi) is 4.14. The van der Waals surface area contributed by atoms with Gasteiger partial charge in [0.15, 0.2) is 6.10 Å². The highest BCUT2D eigenvalue weighted by Gasteiger charge is 2.30. The van der Waals surface area contributed by atoms with Crippen molar-refractivity contribution in [2.75, 3.05) is 11.5 Å². The van der Waals surface area contributed by atoms with E-state index in [9.17, 15) is 4.79 Å². The predicted octanol–water partition coefficient (Wildman–Crippen LogP) is 2.30. The summed E-state index contributed by atoms with van der Waals surface area (Å²) in [5, 5.41) is 8.85. The van der Waals surface area contributed by atoms with Gasteiger partial charge in [-0.1, -0.05) is 0 Å². The highest BCUT2D eigenvalue weighted by Crippen LogP contribution is 2.29. The minimum absolute atomic E-state index is 0.0352. The number of hydrogen-bond donors (Lipinski definition) is 2. The third-order valence-corrected chi connectivity index (χ3v) is 4.31. The fourth-order valence-electron chi connectivity index (χ4n) is 2.03. The van der Waals surface area contributed by atoms with Crippen molar-refractivity contribution < 1.29 is 14.6 Å². The molecule has 3 N–H and O–H groups in total. The third-order valence-electron chi connectivity index (χ3n) is 3.01. The van der Waals surface area contributed by atoms with Gasteiger partial charge in [0.1, 0.15) is 0 Å². The van der Waals surface area contributed by atoms with Crippen molar-refractivity contribution >= 4 is 23.4 Å². The Bertz CT molecular complexity index is 450. The Morgan fingerprint density at radius 2 is 2.33 bits per heavy atom. The smallest absolute Gasteiger partial charge is 0.332 e. The van der Waals surface area contributed by atoms with Crippen LogP contribution >= 0.6 is 11.8 Å². The molecule has 1 saturated heterocycles. The largest absolute Gasteiger partial charge is 0.479 e. The van der Waals surface area contributed by atoms with Gasteiger partial charge in [-0.05, 0) is 43.5 Å². The minimum atomic E-state index is -0.855. The predicted molar refractivity (Wildman–Crippen MR) is 71.8 cm³/mol. The number of aliphatic carboxylic acids is 1. The molecule has 0 saturated carbocycles. The van der Waals surface area contributed by atoms with Crippen LogP contribution in [-0.2, 0) is 9.53 Å². The fraction of sp³-hybridized carbons (Fsp3) is 0.462. The second-order valence-electron chi connectivity index (χ2n) is 4.50. The van der Waals surface area contributed by atoms with Gasteiger partial charge in [0, 0.05) is 16.3 Å². The van der Waals surface area contributed by atoms with Gasteiger partial charge >= 0.3 is 5.97 Å². The van der Waals surface area contributed by atoms with Gasteiger partial charge in [0.25, 0.3) is 0 Å². The molecule has 1 aromatic carbocycles. The third kappa shape index (κ3) is 3.17. The van der Waals surface area contributed by atoms with Gasteiger partial charge in [0.2, 0.25) is 0 Å². The van der Waals surface area contributed by atoms with E-state index < -0.39 is 12.1 Å². The quantitative estimate of drug-likeness (QED) is 0.647. The summed E-state index contributed by atoms with van der Waals surface area (Å²) >= 11 is 1.69. The zero-order chi connectivity index (χ0) is 13.1. The van der Waals surface area contributed by atoms with Gasteiger partial charge in [0.05, 0.1) is 6.10 Å². The number of benzene rings is 1. The summed E-state index contributed by atoms with van der Waals surface area (Å²) in [6, 6.07) is 5.82. The van der Waals surface area contributed by atoms with E-state index in [4.69, 9.17) is 15.6 Å². The molecule has 2 unspecified atom stereocenters. The van der Waals surface area contributed by atoms with Crippen molar-refractivity contribution in [3.8, 4) is 0 Å². The second kappa shape index (κ2) is 5.63. The Hall–Kier alpha value is -1.20. The molecule has 98 valence electrons. The first-order valence-corrected chi connectivity index (χ1v) is 6.92. The van der Waals surface area contributed by atoms with Gasteiger partial charge in [-0.15, -0.1) is 11.8 Å². The van der Waals surface area contributed by atoms with Crippen molar-refractivity contribution in [3.63, 3.8) is 0 Å². The molecular weight excluding hydrogens is 250 g/mol. The molecular formula is C13H17NO3S. The van der Waals surface area contributed by atoms with E-state index in [2.05, 4.69) is 0 Å². The van der Waals surface area contributed by atoms with Crippen LogP contribution in [0.3, 0.4) is 0 Å². The summed E-state index contributed by atoms with van der Waals surface area (Å²) in [7, 11) is 0. The number of aryl methyl sites for hydroxylation is 1. The van der Waals surface area contributed by atoms with Crippen LogP contribution in [0, 0.1) is 6.92 Å². The molecule has 1 aliphatic heterocycles. The number of carbonyl (C=O) groups is 1. The van der Waals surface area contributed by atoms with E-state index in [1.54, 1.807) is 11.8 Å². The van der Waals surface area contributed by atoms with Gasteiger partial charge < -0.3 is 15.6 Å². The number of nitrogens with two attached hydrogens (primary N) is 1. The molecule has 0 bridgehead atoms. The molecule has 4 nitrogen and oxygen atoms in total. The monoisotopic (exact) mass is 267 g/mol. The molecule has 1 fully saturated rings. The Labute approximate surface area is 111 Å². The van der Waals surface area contributed by atoms with Crippen LogP contribution in [0.5, 0.6) is 0 Å². The summed E-state index contributed by atoms with van der Waals surface area (Å²) in [4.78, 5) is 11.9. The molecule has 5 heteroatoms. The summed E-state index contributed by atoms with van der Waals surface area (Å²) in [6.45, 7) is 2.02. The van der Waals surface area contributed by atoms with E-state index in [1.807, 2.05) is 25.1 Å². The molecule has 0 aromatic heterocycles. The lowest BCUT2D eigenvalue weighted by Gasteiger charge is -2.12. The Morgan fingerprint density at radius 1 is 1.56 bits per heavy atom. The molecule has 1 heterocycles. The van der Waals surface area contributed by atoms with Crippen LogP contribution in [-0.4, -0.2) is 29.0 Å². The molecule has 0 aliphatic carbocycles. The Morgan fingerprint density at radius 3 is 2.94 bits per heavy atom. The lowest BCUT2D eigenvalue weighted by Crippen LogP contribution is -2.21. The maximum Gasteiger partial charge on any atom is 0.332 e. The van der Waals surface area contributed by atoms with E-state index in [-0.39, 0.29) is 6.10 Å². The molecule has 2 rings (SSSR count). The lowest BCUT2D eigenvalue weighted by molar-refractivity contribution is -0.148. The second-order valence-corrected chi connectivity index (χ2v) is 5.56. The molecule has 0 spiro atoms. The highest BCUT2D eigenvalue weighted by atomic mass is 32.2. The van der Waals surface area contributed by atoms with E-state index >= 15 is 0 Å². The zero-order valence-electron chi connectivity index (χ0n) is 10.3. The van der Waals surface area contributed by atoms with E-state index in [0.717, 1.165) is 23.4 Å². The van der Waals surface area contributed by atoms with Crippen LogP contribution in [0.1, 0.15) is 18.4 Å². The number of carboxylic acids is 1. The first-order valence-electron chi connectivity index (χ1n) is 5.93. The number of rotatable bonds is 4. The lowest BCUT2D eigenvalue weighted by atomic mass is 10.2. The summed E-state index contributed by atoms with van der Waals surface area (Å²) in [6.07, 6.45) is 0.843. The molecule has 2 atom stereocenters. The first-order chi connectivity index (χ1) is 8.56. The average Bonchev–Trinajstić information content (AvgIpc) is 2.76. The van der Waals surface area contributed by atoms with Crippen LogP contribution in [0.15, 0.2) is 23.1 Å². The highest BCUT2D eigenvalue weighted by molar-refractivity contribution is 7.99. The van der Waals surface area contributed by atoms with Crippen molar-refractivity contribution in [3.05, 3.63) is 23.8 Å². The minimum Gasteiger partial charge on any atom is -0.479 e. The number of carboxylic acid groups (broad SMARTS) is 1. The fourth-order valence-corrected chi connectivity index (χ4v) is 3.09. The number of ether oxygens (including phenoxy) is 1. The SMILES string of the molecule is Cc1cc(N)ccc1SCC1CCC(C(=O)O)O1. The summed E-state index contributed by atoms with van der Waals surface area (Å²) in [5.41, 5.74) is 7.61. The van der Waals surface area contributed by atoms with Crippen molar-refractivity contribution in [2.45, 2.75) is 36.9 Å². The van der Waals surface area contributed by atoms with Crippen LogP contribution in [0.4, 0.5) is 5.69 Å². The Balaban J connectivity index is 1.87.